The van der Waals surface area contributed by atoms with E-state index in [1.807, 2.05) is 47.7 Å². The molecule has 0 radical (unpaired) electrons. The van der Waals surface area contributed by atoms with Crippen molar-refractivity contribution in [3.05, 3.63) is 47.3 Å². The topological polar surface area (TPSA) is 64.2 Å². The SMILES string of the molecule is Cc1ccccc1-n1ncc(C(=O)N2CC[C@H](CN)C2)c1C. The van der Waals surface area contributed by atoms with Crippen LogP contribution in [0.25, 0.3) is 5.69 Å². The van der Waals surface area contributed by atoms with Gasteiger partial charge in [0.2, 0.25) is 0 Å². The van der Waals surface area contributed by atoms with Gasteiger partial charge in [-0.1, -0.05) is 18.2 Å². The van der Waals surface area contributed by atoms with E-state index in [2.05, 4.69) is 5.10 Å². The van der Waals surface area contributed by atoms with Crippen molar-refractivity contribution in [1.82, 2.24) is 14.7 Å². The van der Waals surface area contributed by atoms with Gasteiger partial charge in [0.1, 0.15) is 0 Å². The van der Waals surface area contributed by atoms with E-state index < -0.39 is 0 Å². The smallest absolute Gasteiger partial charge is 0.257 e. The predicted octanol–water partition coefficient (Wildman–Crippen LogP) is 1.91. The molecule has 2 N–H and O–H groups in total. The number of carbonyl (C=O) groups is 1. The summed E-state index contributed by atoms with van der Waals surface area (Å²) in [5.41, 5.74) is 9.42. The normalized spacial score (nSPS) is 18.0. The first-order valence-electron chi connectivity index (χ1n) is 7.71. The lowest BCUT2D eigenvalue weighted by molar-refractivity contribution is 0.0787. The third-order valence-corrected chi connectivity index (χ3v) is 4.49. The molecule has 1 aliphatic rings. The van der Waals surface area contributed by atoms with Crippen molar-refractivity contribution in [2.24, 2.45) is 11.7 Å². The molecule has 0 unspecified atom stereocenters. The zero-order valence-corrected chi connectivity index (χ0v) is 13.1. The van der Waals surface area contributed by atoms with Gasteiger partial charge in [-0.05, 0) is 44.4 Å². The molecule has 0 spiro atoms. The van der Waals surface area contributed by atoms with E-state index in [1.54, 1.807) is 6.20 Å². The quantitative estimate of drug-likeness (QED) is 0.941. The molecule has 5 nitrogen and oxygen atoms in total. The van der Waals surface area contributed by atoms with Crippen molar-refractivity contribution < 1.29 is 4.79 Å². The third-order valence-electron chi connectivity index (χ3n) is 4.49. The number of nitrogens with zero attached hydrogens (tertiary/aromatic N) is 3. The average Bonchev–Trinajstić information content (AvgIpc) is 3.14. The molecule has 0 aliphatic carbocycles. The number of nitrogens with two attached hydrogens (primary N) is 1. The molecular formula is C17H22N4O. The largest absolute Gasteiger partial charge is 0.338 e. The maximum atomic E-state index is 12.7. The van der Waals surface area contributed by atoms with Gasteiger partial charge in [0, 0.05) is 13.1 Å². The van der Waals surface area contributed by atoms with Crippen LogP contribution in [0.15, 0.2) is 30.5 Å². The van der Waals surface area contributed by atoms with Gasteiger partial charge in [0.25, 0.3) is 5.91 Å². The Morgan fingerprint density at radius 1 is 1.36 bits per heavy atom. The van der Waals surface area contributed by atoms with Crippen molar-refractivity contribution in [3.8, 4) is 5.69 Å². The van der Waals surface area contributed by atoms with Crippen LogP contribution in [0.5, 0.6) is 0 Å². The van der Waals surface area contributed by atoms with E-state index in [0.29, 0.717) is 18.0 Å². The van der Waals surface area contributed by atoms with Crippen LogP contribution in [0.3, 0.4) is 0 Å². The number of hydrogen-bond acceptors (Lipinski definition) is 3. The van der Waals surface area contributed by atoms with Crippen molar-refractivity contribution in [1.29, 1.82) is 0 Å². The van der Waals surface area contributed by atoms with E-state index in [-0.39, 0.29) is 5.91 Å². The lowest BCUT2D eigenvalue weighted by Gasteiger charge is -2.16. The van der Waals surface area contributed by atoms with Gasteiger partial charge in [-0.25, -0.2) is 4.68 Å². The summed E-state index contributed by atoms with van der Waals surface area (Å²) in [5, 5.41) is 4.42. The van der Waals surface area contributed by atoms with E-state index in [1.165, 1.54) is 0 Å². The third kappa shape index (κ3) is 2.52. The molecule has 2 aromatic rings. The van der Waals surface area contributed by atoms with Crippen molar-refractivity contribution in [2.45, 2.75) is 20.3 Å². The summed E-state index contributed by atoms with van der Waals surface area (Å²) in [7, 11) is 0. The number of para-hydroxylation sites is 1. The molecule has 1 fully saturated rings. The van der Waals surface area contributed by atoms with Gasteiger partial charge in [-0.15, -0.1) is 0 Å². The fourth-order valence-electron chi connectivity index (χ4n) is 3.04. The second-order valence-corrected chi connectivity index (χ2v) is 5.98. The highest BCUT2D eigenvalue weighted by Crippen LogP contribution is 2.22. The van der Waals surface area contributed by atoms with E-state index >= 15 is 0 Å². The highest BCUT2D eigenvalue weighted by Gasteiger charge is 2.28. The van der Waals surface area contributed by atoms with Crippen LogP contribution in [0.2, 0.25) is 0 Å². The lowest BCUT2D eigenvalue weighted by Crippen LogP contribution is -2.30. The van der Waals surface area contributed by atoms with Crippen molar-refractivity contribution in [3.63, 3.8) is 0 Å². The Labute approximate surface area is 130 Å². The summed E-state index contributed by atoms with van der Waals surface area (Å²) in [5.74, 6) is 0.490. The van der Waals surface area contributed by atoms with Crippen LogP contribution in [-0.2, 0) is 0 Å². The Morgan fingerprint density at radius 2 is 2.14 bits per heavy atom. The summed E-state index contributed by atoms with van der Waals surface area (Å²) in [6.07, 6.45) is 2.67. The molecule has 2 heterocycles. The number of aromatic nitrogens is 2. The molecule has 1 saturated heterocycles. The molecule has 1 aromatic heterocycles. The van der Waals surface area contributed by atoms with E-state index in [4.69, 9.17) is 5.73 Å². The van der Waals surface area contributed by atoms with Crippen LogP contribution in [0, 0.1) is 19.8 Å². The van der Waals surface area contributed by atoms with Gasteiger partial charge in [-0.3, -0.25) is 4.79 Å². The Bertz CT molecular complexity index is 692. The van der Waals surface area contributed by atoms with Crippen LogP contribution in [0.1, 0.15) is 28.0 Å². The molecule has 0 bridgehead atoms. The zero-order valence-electron chi connectivity index (χ0n) is 13.1. The van der Waals surface area contributed by atoms with Crippen molar-refractivity contribution in [2.75, 3.05) is 19.6 Å². The summed E-state index contributed by atoms with van der Waals surface area (Å²) in [4.78, 5) is 14.6. The predicted molar refractivity (Wildman–Crippen MR) is 86.1 cm³/mol. The first kappa shape index (κ1) is 14.8. The maximum absolute atomic E-state index is 12.7. The monoisotopic (exact) mass is 298 g/mol. The van der Waals surface area contributed by atoms with Crippen LogP contribution >= 0.6 is 0 Å². The Hall–Kier alpha value is -2.14. The molecule has 1 amide bonds. The average molecular weight is 298 g/mol. The number of amides is 1. The van der Waals surface area contributed by atoms with E-state index in [0.717, 1.165) is 36.5 Å². The molecular weight excluding hydrogens is 276 g/mol. The first-order chi connectivity index (χ1) is 10.6. The van der Waals surface area contributed by atoms with Crippen molar-refractivity contribution >= 4 is 5.91 Å². The number of aryl methyl sites for hydroxylation is 1. The lowest BCUT2D eigenvalue weighted by atomic mass is 10.1. The van der Waals surface area contributed by atoms with Gasteiger partial charge in [-0.2, -0.15) is 5.10 Å². The van der Waals surface area contributed by atoms with Gasteiger partial charge in [0.15, 0.2) is 0 Å². The molecule has 1 atom stereocenters. The second kappa shape index (κ2) is 5.93. The van der Waals surface area contributed by atoms with Gasteiger partial charge >= 0.3 is 0 Å². The van der Waals surface area contributed by atoms with Crippen LogP contribution in [0.4, 0.5) is 0 Å². The second-order valence-electron chi connectivity index (χ2n) is 5.98. The van der Waals surface area contributed by atoms with Gasteiger partial charge < -0.3 is 10.6 Å². The highest BCUT2D eigenvalue weighted by molar-refractivity contribution is 5.95. The van der Waals surface area contributed by atoms with Crippen LogP contribution < -0.4 is 5.73 Å². The fourth-order valence-corrected chi connectivity index (χ4v) is 3.04. The number of rotatable bonds is 3. The minimum Gasteiger partial charge on any atom is -0.338 e. The first-order valence-corrected chi connectivity index (χ1v) is 7.71. The molecule has 0 saturated carbocycles. The molecule has 3 rings (SSSR count). The zero-order chi connectivity index (χ0) is 15.7. The molecule has 1 aromatic carbocycles. The summed E-state index contributed by atoms with van der Waals surface area (Å²) >= 11 is 0. The highest BCUT2D eigenvalue weighted by atomic mass is 16.2. The maximum Gasteiger partial charge on any atom is 0.257 e. The number of carbonyl (C=O) groups excluding carboxylic acids is 1. The number of hydrogen-bond donors (Lipinski definition) is 1. The Balaban J connectivity index is 1.88. The number of benzene rings is 1. The molecule has 22 heavy (non-hydrogen) atoms. The fraction of sp³-hybridized carbons (Fsp3) is 0.412. The number of likely N-dealkylation sites (tertiary alicyclic amines) is 1. The Kier molecular flexibility index (Phi) is 3.98. The summed E-state index contributed by atoms with van der Waals surface area (Å²) in [6, 6.07) is 8.05. The summed E-state index contributed by atoms with van der Waals surface area (Å²) < 4.78 is 1.85. The standard InChI is InChI=1S/C17H22N4O/c1-12-5-3-4-6-16(12)21-13(2)15(10-19-21)17(22)20-8-7-14(9-18)11-20/h3-6,10,14H,7-9,11,18H2,1-2H3/t14-/m1/s1. The molecule has 1 aliphatic heterocycles. The Morgan fingerprint density at radius 3 is 2.82 bits per heavy atom. The molecule has 5 heteroatoms. The molecule has 116 valence electrons. The summed E-state index contributed by atoms with van der Waals surface area (Å²) in [6.45, 7) is 6.18. The van der Waals surface area contributed by atoms with Crippen LogP contribution in [-0.4, -0.2) is 40.2 Å². The minimum atomic E-state index is 0.0632. The van der Waals surface area contributed by atoms with Gasteiger partial charge in [0.05, 0.1) is 23.1 Å². The minimum absolute atomic E-state index is 0.0632. The van der Waals surface area contributed by atoms with E-state index in [9.17, 15) is 4.79 Å².